The Bertz CT molecular complexity index is 520. The van der Waals surface area contributed by atoms with Crippen molar-refractivity contribution in [2.75, 3.05) is 26.3 Å². The molecule has 0 spiro atoms. The highest BCUT2D eigenvalue weighted by molar-refractivity contribution is 5.74. The largest absolute Gasteiger partial charge is 0.376 e. The number of nitrogens with one attached hydrogen (secondary N) is 1. The highest BCUT2D eigenvalue weighted by Crippen LogP contribution is 2.18. The third-order valence-electron chi connectivity index (χ3n) is 4.66. The second-order valence-corrected chi connectivity index (χ2v) is 6.65. The highest BCUT2D eigenvalue weighted by Gasteiger charge is 2.28. The van der Waals surface area contributed by atoms with Gasteiger partial charge in [-0.1, -0.05) is 0 Å². The van der Waals surface area contributed by atoms with Crippen molar-refractivity contribution in [2.24, 2.45) is 7.05 Å². The van der Waals surface area contributed by atoms with Gasteiger partial charge in [0.15, 0.2) is 5.82 Å². The Morgan fingerprint density at radius 3 is 2.42 bits per heavy atom. The number of ether oxygens (including phenoxy) is 2. The van der Waals surface area contributed by atoms with Gasteiger partial charge in [0.1, 0.15) is 6.33 Å². The summed E-state index contributed by atoms with van der Waals surface area (Å²) in [6.45, 7) is 4.71. The summed E-state index contributed by atoms with van der Waals surface area (Å²) in [4.78, 5) is 14.6. The molecule has 2 fully saturated rings. The second kappa shape index (κ2) is 7.94. The molecule has 24 heavy (non-hydrogen) atoms. The maximum absolute atomic E-state index is 12.8. The van der Waals surface area contributed by atoms with Gasteiger partial charge in [0, 0.05) is 33.4 Å². The van der Waals surface area contributed by atoms with Crippen LogP contribution in [0.1, 0.15) is 44.5 Å². The summed E-state index contributed by atoms with van der Waals surface area (Å²) in [6, 6.07) is -0.307. The van der Waals surface area contributed by atoms with Crippen LogP contribution < -0.4 is 5.32 Å². The van der Waals surface area contributed by atoms with E-state index in [0.717, 1.165) is 44.7 Å². The van der Waals surface area contributed by atoms with Crippen LogP contribution in [0.25, 0.3) is 0 Å². The van der Waals surface area contributed by atoms with E-state index in [-0.39, 0.29) is 24.3 Å². The molecule has 134 valence electrons. The van der Waals surface area contributed by atoms with Crippen LogP contribution in [0, 0.1) is 0 Å². The molecule has 2 saturated heterocycles. The number of carbonyl (C=O) groups excluding carboxylic acids is 1. The number of amides is 2. The van der Waals surface area contributed by atoms with Crippen LogP contribution in [-0.2, 0) is 16.5 Å². The molecule has 2 aliphatic heterocycles. The van der Waals surface area contributed by atoms with Crippen LogP contribution in [0.5, 0.6) is 0 Å². The lowest BCUT2D eigenvalue weighted by atomic mass is 10.2. The molecule has 0 saturated carbocycles. The Hall–Kier alpha value is -1.67. The molecule has 2 aliphatic rings. The number of urea groups is 1. The smallest absolute Gasteiger partial charge is 0.318 e. The number of rotatable bonds is 6. The summed E-state index contributed by atoms with van der Waals surface area (Å²) in [5, 5.41) is 11.0. The minimum Gasteiger partial charge on any atom is -0.376 e. The van der Waals surface area contributed by atoms with Crippen LogP contribution in [0.3, 0.4) is 0 Å². The standard InChI is InChI=1S/C16H27N5O3/c1-12(15-19-17-11-20(15)2)18-16(22)21(9-13-5-3-7-23-13)10-14-6-4-8-24-14/h11-14H,3-10H2,1-2H3,(H,18,22)/t12-,13+,14+/m1/s1. The van der Waals surface area contributed by atoms with Crippen molar-refractivity contribution >= 4 is 6.03 Å². The summed E-state index contributed by atoms with van der Waals surface area (Å²) in [5.41, 5.74) is 0. The first-order chi connectivity index (χ1) is 11.6. The van der Waals surface area contributed by atoms with Crippen LogP contribution in [0.2, 0.25) is 0 Å². The molecule has 0 bridgehead atoms. The van der Waals surface area contributed by atoms with Crippen molar-refractivity contribution in [1.82, 2.24) is 25.0 Å². The average Bonchev–Trinajstić information content (AvgIpc) is 3.28. The zero-order valence-corrected chi connectivity index (χ0v) is 14.5. The first-order valence-electron chi connectivity index (χ1n) is 8.76. The van der Waals surface area contributed by atoms with Gasteiger partial charge in [-0.05, 0) is 32.6 Å². The molecule has 1 aromatic heterocycles. The van der Waals surface area contributed by atoms with Gasteiger partial charge in [-0.2, -0.15) is 0 Å². The van der Waals surface area contributed by atoms with E-state index in [1.807, 2.05) is 23.4 Å². The third kappa shape index (κ3) is 4.24. The summed E-state index contributed by atoms with van der Waals surface area (Å²) >= 11 is 0. The van der Waals surface area contributed by atoms with Crippen molar-refractivity contribution in [3.8, 4) is 0 Å². The minimum atomic E-state index is -0.207. The molecule has 0 aromatic carbocycles. The summed E-state index contributed by atoms with van der Waals surface area (Å²) < 4.78 is 13.2. The van der Waals surface area contributed by atoms with E-state index in [1.165, 1.54) is 0 Å². The molecule has 0 unspecified atom stereocenters. The summed E-state index contributed by atoms with van der Waals surface area (Å²) in [5.74, 6) is 0.734. The Kier molecular flexibility index (Phi) is 5.68. The average molecular weight is 337 g/mol. The maximum Gasteiger partial charge on any atom is 0.318 e. The minimum absolute atomic E-state index is 0.100. The zero-order chi connectivity index (χ0) is 16.9. The van der Waals surface area contributed by atoms with Crippen molar-refractivity contribution in [3.05, 3.63) is 12.2 Å². The Balaban J connectivity index is 1.61. The first kappa shape index (κ1) is 17.2. The number of hydrogen-bond donors (Lipinski definition) is 1. The van der Waals surface area contributed by atoms with Gasteiger partial charge in [0.05, 0.1) is 18.2 Å². The molecular formula is C16H27N5O3. The molecule has 1 aromatic rings. The number of hydrogen-bond acceptors (Lipinski definition) is 5. The fourth-order valence-corrected chi connectivity index (χ4v) is 3.33. The van der Waals surface area contributed by atoms with Crippen LogP contribution in [-0.4, -0.2) is 64.2 Å². The van der Waals surface area contributed by atoms with E-state index in [4.69, 9.17) is 9.47 Å². The van der Waals surface area contributed by atoms with Gasteiger partial charge in [-0.15, -0.1) is 10.2 Å². The lowest BCUT2D eigenvalue weighted by Crippen LogP contribution is -2.47. The fraction of sp³-hybridized carbons (Fsp3) is 0.812. The molecule has 0 radical (unpaired) electrons. The van der Waals surface area contributed by atoms with E-state index >= 15 is 0 Å². The lowest BCUT2D eigenvalue weighted by molar-refractivity contribution is 0.0493. The van der Waals surface area contributed by atoms with E-state index in [9.17, 15) is 4.79 Å². The third-order valence-corrected chi connectivity index (χ3v) is 4.66. The topological polar surface area (TPSA) is 81.5 Å². The van der Waals surface area contributed by atoms with Crippen molar-refractivity contribution in [3.63, 3.8) is 0 Å². The van der Waals surface area contributed by atoms with Crippen LogP contribution in [0.15, 0.2) is 6.33 Å². The molecule has 2 amide bonds. The quantitative estimate of drug-likeness (QED) is 0.845. The fourth-order valence-electron chi connectivity index (χ4n) is 3.33. The Morgan fingerprint density at radius 1 is 1.33 bits per heavy atom. The Morgan fingerprint density at radius 2 is 1.96 bits per heavy atom. The van der Waals surface area contributed by atoms with E-state index < -0.39 is 0 Å². The number of aryl methyl sites for hydroxylation is 1. The normalized spacial score (nSPS) is 24.9. The number of carbonyl (C=O) groups is 1. The molecule has 3 rings (SSSR count). The van der Waals surface area contributed by atoms with Crippen LogP contribution >= 0.6 is 0 Å². The van der Waals surface area contributed by atoms with E-state index in [2.05, 4.69) is 15.5 Å². The maximum atomic E-state index is 12.8. The predicted molar refractivity (Wildman–Crippen MR) is 87.5 cm³/mol. The van der Waals surface area contributed by atoms with Crippen molar-refractivity contribution in [1.29, 1.82) is 0 Å². The number of nitrogens with zero attached hydrogens (tertiary/aromatic N) is 4. The van der Waals surface area contributed by atoms with Crippen LogP contribution in [0.4, 0.5) is 4.79 Å². The molecule has 0 aliphatic carbocycles. The van der Waals surface area contributed by atoms with E-state index in [1.54, 1.807) is 6.33 Å². The van der Waals surface area contributed by atoms with Crippen molar-refractivity contribution < 1.29 is 14.3 Å². The summed E-state index contributed by atoms with van der Waals surface area (Å²) in [7, 11) is 1.87. The Labute approximate surface area is 142 Å². The molecule has 3 heterocycles. The molecule has 8 nitrogen and oxygen atoms in total. The van der Waals surface area contributed by atoms with Gasteiger partial charge < -0.3 is 24.3 Å². The van der Waals surface area contributed by atoms with Crippen molar-refractivity contribution in [2.45, 2.75) is 50.9 Å². The lowest BCUT2D eigenvalue weighted by Gasteiger charge is -2.29. The molecule has 3 atom stereocenters. The second-order valence-electron chi connectivity index (χ2n) is 6.65. The van der Waals surface area contributed by atoms with Gasteiger partial charge >= 0.3 is 6.03 Å². The SMILES string of the molecule is C[C@@H](NC(=O)N(C[C@@H]1CCCO1)C[C@@H]1CCCO1)c1nncn1C. The number of aromatic nitrogens is 3. The van der Waals surface area contributed by atoms with Gasteiger partial charge in [-0.3, -0.25) is 0 Å². The predicted octanol–water partition coefficient (Wildman–Crippen LogP) is 1.25. The van der Waals surface area contributed by atoms with Gasteiger partial charge in [-0.25, -0.2) is 4.79 Å². The van der Waals surface area contributed by atoms with Gasteiger partial charge in [0.25, 0.3) is 0 Å². The molecular weight excluding hydrogens is 310 g/mol. The highest BCUT2D eigenvalue weighted by atomic mass is 16.5. The molecule has 8 heteroatoms. The van der Waals surface area contributed by atoms with E-state index in [0.29, 0.717) is 13.1 Å². The molecule has 1 N–H and O–H groups in total. The first-order valence-corrected chi connectivity index (χ1v) is 8.76. The zero-order valence-electron chi connectivity index (χ0n) is 14.5. The monoisotopic (exact) mass is 337 g/mol. The summed E-state index contributed by atoms with van der Waals surface area (Å²) in [6.07, 6.45) is 6.03. The van der Waals surface area contributed by atoms with Gasteiger partial charge in [0.2, 0.25) is 0 Å².